The molecular formula is C10H17N5. The number of nitrogens with two attached hydrogens (primary N) is 1. The number of aromatic nitrogens is 2. The van der Waals surface area contributed by atoms with Crippen molar-refractivity contribution in [1.82, 2.24) is 15.1 Å². The maximum atomic E-state index is 5.73. The summed E-state index contributed by atoms with van der Waals surface area (Å²) in [6, 6.07) is 0.559. The number of aliphatic imine (C=N–C) groups is 1. The normalized spacial score (nSPS) is 16.8. The van der Waals surface area contributed by atoms with Crippen LogP contribution in [-0.2, 0) is 13.6 Å². The molecule has 82 valence electrons. The first kappa shape index (κ1) is 10.0. The van der Waals surface area contributed by atoms with Crippen LogP contribution in [0.25, 0.3) is 0 Å². The summed E-state index contributed by atoms with van der Waals surface area (Å²) < 4.78 is 1.80. The van der Waals surface area contributed by atoms with Gasteiger partial charge in [-0.05, 0) is 19.8 Å². The van der Waals surface area contributed by atoms with Gasteiger partial charge in [0.25, 0.3) is 0 Å². The van der Waals surface area contributed by atoms with Crippen molar-refractivity contribution in [3.63, 3.8) is 0 Å². The van der Waals surface area contributed by atoms with E-state index in [2.05, 4.69) is 15.4 Å². The molecule has 1 saturated carbocycles. The molecule has 0 spiro atoms. The van der Waals surface area contributed by atoms with E-state index in [1.165, 1.54) is 12.8 Å². The average Bonchev–Trinajstić information content (AvgIpc) is 2.89. The Balaban J connectivity index is 1.93. The highest BCUT2D eigenvalue weighted by Gasteiger charge is 2.21. The Morgan fingerprint density at radius 3 is 3.00 bits per heavy atom. The second kappa shape index (κ2) is 3.92. The van der Waals surface area contributed by atoms with E-state index in [4.69, 9.17) is 5.73 Å². The zero-order valence-corrected chi connectivity index (χ0v) is 9.20. The molecule has 5 heteroatoms. The molecule has 1 aliphatic rings. The third-order valence-corrected chi connectivity index (χ3v) is 2.46. The van der Waals surface area contributed by atoms with E-state index in [9.17, 15) is 0 Å². The van der Waals surface area contributed by atoms with E-state index in [0.29, 0.717) is 18.5 Å². The van der Waals surface area contributed by atoms with E-state index in [1.807, 2.05) is 20.2 Å². The molecule has 5 nitrogen and oxygen atoms in total. The fourth-order valence-corrected chi connectivity index (χ4v) is 1.46. The molecule has 2 rings (SSSR count). The topological polar surface area (TPSA) is 68.2 Å². The van der Waals surface area contributed by atoms with E-state index >= 15 is 0 Å². The Bertz CT molecular complexity index is 375. The van der Waals surface area contributed by atoms with Crippen LogP contribution in [0.3, 0.4) is 0 Å². The highest BCUT2D eigenvalue weighted by molar-refractivity contribution is 5.78. The van der Waals surface area contributed by atoms with Gasteiger partial charge < -0.3 is 11.1 Å². The highest BCUT2D eigenvalue weighted by atomic mass is 15.3. The summed E-state index contributed by atoms with van der Waals surface area (Å²) in [5.74, 6) is 0.542. The van der Waals surface area contributed by atoms with Crippen LogP contribution in [0.4, 0.5) is 0 Å². The zero-order chi connectivity index (χ0) is 10.8. The van der Waals surface area contributed by atoms with Crippen molar-refractivity contribution in [3.8, 4) is 0 Å². The average molecular weight is 207 g/mol. The van der Waals surface area contributed by atoms with Gasteiger partial charge in [0.1, 0.15) is 0 Å². The minimum absolute atomic E-state index is 0.542. The largest absolute Gasteiger partial charge is 0.370 e. The molecule has 1 aromatic rings. The van der Waals surface area contributed by atoms with Crippen LogP contribution in [-0.4, -0.2) is 21.8 Å². The lowest BCUT2D eigenvalue weighted by Gasteiger charge is -2.02. The maximum Gasteiger partial charge on any atom is 0.189 e. The molecule has 1 fully saturated rings. The third kappa shape index (κ3) is 2.71. The van der Waals surface area contributed by atoms with Crippen molar-refractivity contribution in [2.75, 3.05) is 0 Å². The molecule has 15 heavy (non-hydrogen) atoms. The van der Waals surface area contributed by atoms with Gasteiger partial charge in [0.2, 0.25) is 0 Å². The van der Waals surface area contributed by atoms with Gasteiger partial charge >= 0.3 is 0 Å². The summed E-state index contributed by atoms with van der Waals surface area (Å²) in [6.45, 7) is 2.58. The second-order valence-corrected chi connectivity index (χ2v) is 4.03. The van der Waals surface area contributed by atoms with Crippen molar-refractivity contribution in [3.05, 3.63) is 17.5 Å². The van der Waals surface area contributed by atoms with Crippen molar-refractivity contribution >= 4 is 5.96 Å². The number of hydrogen-bond donors (Lipinski definition) is 2. The molecule has 0 amide bonds. The molecular weight excluding hydrogens is 190 g/mol. The molecule has 1 aromatic heterocycles. The Morgan fingerprint density at radius 2 is 2.47 bits per heavy atom. The van der Waals surface area contributed by atoms with Crippen LogP contribution in [0.5, 0.6) is 0 Å². The van der Waals surface area contributed by atoms with Crippen LogP contribution in [0.2, 0.25) is 0 Å². The number of aryl methyl sites for hydroxylation is 2. The SMILES string of the molecule is Cc1nn(C)cc1CN=C(N)NC1CC1. The van der Waals surface area contributed by atoms with Gasteiger partial charge in [-0.25, -0.2) is 4.99 Å². The van der Waals surface area contributed by atoms with Gasteiger partial charge in [-0.15, -0.1) is 0 Å². The predicted octanol–water partition coefficient (Wildman–Crippen LogP) is 0.295. The van der Waals surface area contributed by atoms with Gasteiger partial charge in [-0.2, -0.15) is 5.10 Å². The standard InChI is InChI=1S/C10H17N5/c1-7-8(6-15(2)14-7)5-12-10(11)13-9-3-4-9/h6,9H,3-5H2,1-2H3,(H3,11,12,13). The summed E-state index contributed by atoms with van der Waals surface area (Å²) in [4.78, 5) is 4.28. The molecule has 1 heterocycles. The first-order valence-electron chi connectivity index (χ1n) is 5.20. The Kier molecular flexibility index (Phi) is 2.62. The lowest BCUT2D eigenvalue weighted by molar-refractivity contribution is 0.756. The van der Waals surface area contributed by atoms with Gasteiger partial charge in [-0.1, -0.05) is 0 Å². The number of nitrogens with one attached hydrogen (secondary N) is 1. The monoisotopic (exact) mass is 207 g/mol. The minimum Gasteiger partial charge on any atom is -0.370 e. The zero-order valence-electron chi connectivity index (χ0n) is 9.20. The molecule has 0 aliphatic heterocycles. The van der Waals surface area contributed by atoms with Gasteiger partial charge in [0.05, 0.1) is 12.2 Å². The van der Waals surface area contributed by atoms with Crippen LogP contribution in [0.15, 0.2) is 11.2 Å². The smallest absolute Gasteiger partial charge is 0.189 e. The number of rotatable bonds is 3. The highest BCUT2D eigenvalue weighted by Crippen LogP contribution is 2.18. The fourth-order valence-electron chi connectivity index (χ4n) is 1.46. The molecule has 0 atom stereocenters. The predicted molar refractivity (Wildman–Crippen MR) is 59.4 cm³/mol. The Labute approximate surface area is 89.4 Å². The third-order valence-electron chi connectivity index (χ3n) is 2.46. The summed E-state index contributed by atoms with van der Waals surface area (Å²) in [5, 5.41) is 7.40. The lowest BCUT2D eigenvalue weighted by atomic mass is 10.3. The van der Waals surface area contributed by atoms with E-state index in [-0.39, 0.29) is 0 Å². The van der Waals surface area contributed by atoms with Crippen LogP contribution < -0.4 is 11.1 Å². The molecule has 0 unspecified atom stereocenters. The van der Waals surface area contributed by atoms with E-state index in [0.717, 1.165) is 11.3 Å². The van der Waals surface area contributed by atoms with Gasteiger partial charge in [0.15, 0.2) is 5.96 Å². The molecule has 1 aliphatic carbocycles. The summed E-state index contributed by atoms with van der Waals surface area (Å²) in [6.07, 6.45) is 4.40. The number of nitrogens with zero attached hydrogens (tertiary/aromatic N) is 3. The molecule has 0 saturated heterocycles. The van der Waals surface area contributed by atoms with Crippen molar-refractivity contribution < 1.29 is 0 Å². The minimum atomic E-state index is 0.542. The lowest BCUT2D eigenvalue weighted by Crippen LogP contribution is -2.33. The molecule has 0 radical (unpaired) electrons. The molecule has 0 bridgehead atoms. The first-order chi connectivity index (χ1) is 7.15. The van der Waals surface area contributed by atoms with Crippen LogP contribution in [0, 0.1) is 6.92 Å². The van der Waals surface area contributed by atoms with Crippen molar-refractivity contribution in [1.29, 1.82) is 0 Å². The quantitative estimate of drug-likeness (QED) is 0.553. The van der Waals surface area contributed by atoms with Crippen molar-refractivity contribution in [2.24, 2.45) is 17.8 Å². The van der Waals surface area contributed by atoms with Crippen LogP contribution >= 0.6 is 0 Å². The Morgan fingerprint density at radius 1 is 1.73 bits per heavy atom. The van der Waals surface area contributed by atoms with E-state index in [1.54, 1.807) is 4.68 Å². The van der Waals surface area contributed by atoms with Crippen LogP contribution in [0.1, 0.15) is 24.1 Å². The van der Waals surface area contributed by atoms with Gasteiger partial charge in [-0.3, -0.25) is 4.68 Å². The first-order valence-corrected chi connectivity index (χ1v) is 5.20. The summed E-state index contributed by atoms with van der Waals surface area (Å²) in [5.41, 5.74) is 7.87. The summed E-state index contributed by atoms with van der Waals surface area (Å²) >= 11 is 0. The second-order valence-electron chi connectivity index (χ2n) is 4.03. The molecule has 0 aromatic carbocycles. The van der Waals surface area contributed by atoms with Gasteiger partial charge in [0, 0.05) is 24.8 Å². The summed E-state index contributed by atoms with van der Waals surface area (Å²) in [7, 11) is 1.91. The Hall–Kier alpha value is -1.52. The fraction of sp³-hybridized carbons (Fsp3) is 0.600. The number of hydrogen-bond acceptors (Lipinski definition) is 2. The maximum absolute atomic E-state index is 5.73. The molecule has 3 N–H and O–H groups in total. The number of guanidine groups is 1. The van der Waals surface area contributed by atoms with Crippen molar-refractivity contribution in [2.45, 2.75) is 32.4 Å². The van der Waals surface area contributed by atoms with E-state index < -0.39 is 0 Å².